The molecule has 0 saturated carbocycles. The Morgan fingerprint density at radius 2 is 1.89 bits per heavy atom. The lowest BCUT2D eigenvalue weighted by atomic mass is 9.89. The van der Waals surface area contributed by atoms with Gasteiger partial charge in [0.15, 0.2) is 0 Å². The quantitative estimate of drug-likeness (QED) is 0.667. The van der Waals surface area contributed by atoms with Crippen LogP contribution in [-0.4, -0.2) is 15.5 Å². The van der Waals surface area contributed by atoms with Crippen LogP contribution in [0.2, 0.25) is 0 Å². The normalized spacial score (nSPS) is 12.3. The molecule has 140 valence electrons. The molecule has 0 fully saturated rings. The average molecular weight is 379 g/mol. The minimum Gasteiger partial charge on any atom is -0.281 e. The molecule has 1 aliphatic rings. The van der Waals surface area contributed by atoms with Crippen molar-refractivity contribution < 1.29 is 0 Å². The molecule has 2 aromatic carbocycles. The van der Waals surface area contributed by atoms with Crippen LogP contribution in [0.3, 0.4) is 0 Å². The number of aliphatic imine (C=N–C) groups is 1. The van der Waals surface area contributed by atoms with Crippen LogP contribution in [0.4, 0.5) is 0 Å². The highest BCUT2D eigenvalue weighted by atomic mass is 32.1. The van der Waals surface area contributed by atoms with E-state index in [-0.39, 0.29) is 0 Å². The van der Waals surface area contributed by atoms with Crippen molar-refractivity contribution >= 4 is 18.5 Å². The third kappa shape index (κ3) is 3.84. The molecule has 2 heterocycles. The molecule has 1 aliphatic heterocycles. The number of thiol groups is 1. The van der Waals surface area contributed by atoms with E-state index in [1.165, 1.54) is 44.7 Å². The van der Waals surface area contributed by atoms with Gasteiger partial charge in [0.2, 0.25) is 0 Å². The summed E-state index contributed by atoms with van der Waals surface area (Å²) in [5.41, 5.74) is 10.5. The highest BCUT2D eigenvalue weighted by Gasteiger charge is 2.23. The van der Waals surface area contributed by atoms with E-state index in [0.29, 0.717) is 0 Å². The second-order valence-electron chi connectivity index (χ2n) is 6.78. The summed E-state index contributed by atoms with van der Waals surface area (Å²) in [6.45, 7) is 8.19. The van der Waals surface area contributed by atoms with Gasteiger partial charge in [-0.05, 0) is 54.2 Å². The molecule has 5 heteroatoms. The first-order chi connectivity index (χ1) is 13.2. The van der Waals surface area contributed by atoms with Crippen LogP contribution in [0, 0.1) is 13.8 Å². The number of nitrogens with two attached hydrogens (primary N) is 1. The number of benzene rings is 2. The lowest BCUT2D eigenvalue weighted by Crippen LogP contribution is -2.10. The van der Waals surface area contributed by atoms with Gasteiger partial charge in [-0.25, -0.2) is 0 Å². The maximum Gasteiger partial charge on any atom is 0.0734 e. The summed E-state index contributed by atoms with van der Waals surface area (Å²) >= 11 is 3.03. The number of fused-ring (bicyclic) bond motifs is 1. The van der Waals surface area contributed by atoms with Crippen molar-refractivity contribution in [2.24, 2.45) is 10.1 Å². The van der Waals surface area contributed by atoms with Crippen LogP contribution in [0.5, 0.6) is 0 Å². The highest BCUT2D eigenvalue weighted by Crippen LogP contribution is 2.30. The third-order valence-corrected chi connectivity index (χ3v) is 5.00. The number of nitrogens with zero attached hydrogens (tertiary/aromatic N) is 3. The van der Waals surface area contributed by atoms with Gasteiger partial charge < -0.3 is 0 Å². The van der Waals surface area contributed by atoms with E-state index in [0.717, 1.165) is 19.5 Å². The summed E-state index contributed by atoms with van der Waals surface area (Å²) in [5, 5.41) is 8.51. The van der Waals surface area contributed by atoms with Gasteiger partial charge in [0.05, 0.1) is 18.8 Å². The van der Waals surface area contributed by atoms with Gasteiger partial charge in [0, 0.05) is 23.5 Å². The fraction of sp³-hybridized carbons (Fsp3) is 0.273. The minimum absolute atomic E-state index is 0.774. The van der Waals surface area contributed by atoms with Crippen molar-refractivity contribution in [3.63, 3.8) is 0 Å². The van der Waals surface area contributed by atoms with Crippen LogP contribution in [-0.2, 0) is 19.5 Å². The van der Waals surface area contributed by atoms with E-state index in [1.807, 2.05) is 23.1 Å². The second-order valence-corrected chi connectivity index (χ2v) is 6.78. The molecule has 0 spiro atoms. The zero-order chi connectivity index (χ0) is 19.4. The Morgan fingerprint density at radius 3 is 2.59 bits per heavy atom. The highest BCUT2D eigenvalue weighted by molar-refractivity contribution is 7.77. The average Bonchev–Trinajstić information content (AvgIpc) is 3.33. The van der Waals surface area contributed by atoms with Crippen molar-refractivity contribution in [2.45, 2.75) is 40.3 Å². The van der Waals surface area contributed by atoms with Gasteiger partial charge in [-0.2, -0.15) is 5.10 Å². The monoisotopic (exact) mass is 378 g/mol. The molecule has 1 aromatic heterocycles. The maximum absolute atomic E-state index is 4.94. The number of hydrogen-bond donors (Lipinski definition) is 2. The van der Waals surface area contributed by atoms with Gasteiger partial charge in [0.25, 0.3) is 0 Å². The van der Waals surface area contributed by atoms with E-state index >= 15 is 0 Å². The van der Waals surface area contributed by atoms with Crippen LogP contribution in [0.1, 0.15) is 45.9 Å². The Labute approximate surface area is 166 Å². The van der Waals surface area contributed by atoms with Crippen LogP contribution in [0.15, 0.2) is 53.8 Å². The summed E-state index contributed by atoms with van der Waals surface area (Å²) in [5.74, 6) is 0. The number of hydrogen-bond acceptors (Lipinski definition) is 4. The van der Waals surface area contributed by atoms with Gasteiger partial charge >= 0.3 is 0 Å². The van der Waals surface area contributed by atoms with Crippen LogP contribution < -0.4 is 5.14 Å². The third-order valence-electron chi connectivity index (χ3n) is 5.00. The zero-order valence-electron chi connectivity index (χ0n) is 16.1. The van der Waals surface area contributed by atoms with E-state index in [2.05, 4.69) is 74.2 Å². The number of aryl methyl sites for hydroxylation is 3. The molecule has 3 aromatic rings. The molecular weight excluding hydrogens is 352 g/mol. The Hall–Kier alpha value is -2.37. The smallest absolute Gasteiger partial charge is 0.0734 e. The summed E-state index contributed by atoms with van der Waals surface area (Å²) in [7, 11) is 0. The Balaban J connectivity index is 0.00000102. The largest absolute Gasteiger partial charge is 0.281 e. The van der Waals surface area contributed by atoms with Crippen molar-refractivity contribution in [1.29, 1.82) is 0 Å². The van der Waals surface area contributed by atoms with Crippen LogP contribution >= 0.6 is 12.8 Å². The predicted octanol–water partition coefficient (Wildman–Crippen LogP) is 4.25. The first-order valence-electron chi connectivity index (χ1n) is 9.16. The topological polar surface area (TPSA) is 56.2 Å². The first-order valence-corrected chi connectivity index (χ1v) is 9.68. The molecule has 0 radical (unpaired) electrons. The first kappa shape index (κ1) is 19.4. The van der Waals surface area contributed by atoms with Crippen molar-refractivity contribution in [2.75, 3.05) is 0 Å². The SMILES string of the molecule is CCc1cccc(C)c1C1=NCc2cc(Cn3cccn3)cc(C)c21.NS. The molecule has 0 saturated heterocycles. The lowest BCUT2D eigenvalue weighted by Gasteiger charge is -2.15. The minimum atomic E-state index is 0.774. The summed E-state index contributed by atoms with van der Waals surface area (Å²) in [6, 6.07) is 13.1. The van der Waals surface area contributed by atoms with Gasteiger partial charge in [-0.1, -0.05) is 37.3 Å². The van der Waals surface area contributed by atoms with E-state index in [9.17, 15) is 0 Å². The molecule has 2 N–H and O–H groups in total. The number of rotatable bonds is 4. The molecule has 0 aliphatic carbocycles. The predicted molar refractivity (Wildman–Crippen MR) is 116 cm³/mol. The Morgan fingerprint density at radius 1 is 1.07 bits per heavy atom. The molecule has 4 rings (SSSR count). The molecule has 0 atom stereocenters. The fourth-order valence-corrected chi connectivity index (χ4v) is 3.89. The van der Waals surface area contributed by atoms with E-state index in [4.69, 9.17) is 4.99 Å². The lowest BCUT2D eigenvalue weighted by molar-refractivity contribution is 0.686. The number of aromatic nitrogens is 2. The van der Waals surface area contributed by atoms with Crippen molar-refractivity contribution in [3.05, 3.63) is 87.7 Å². The molecule has 0 bridgehead atoms. The standard InChI is InChI=1S/C22H23N3.H3NS/c1-4-18-8-5-7-15(2)20(18)22-21-16(3)11-17(12-19(21)13-23-22)14-25-10-6-9-24-25;1-2/h5-12H,4,13-14H2,1-3H3;2H,1H2. The Kier molecular flexibility index (Phi) is 6.14. The molecule has 0 amide bonds. The zero-order valence-corrected chi connectivity index (χ0v) is 17.0. The van der Waals surface area contributed by atoms with E-state index < -0.39 is 0 Å². The maximum atomic E-state index is 4.94. The molecule has 4 nitrogen and oxygen atoms in total. The van der Waals surface area contributed by atoms with Crippen molar-refractivity contribution in [1.82, 2.24) is 9.78 Å². The molecule has 27 heavy (non-hydrogen) atoms. The van der Waals surface area contributed by atoms with Gasteiger partial charge in [-0.3, -0.25) is 14.8 Å². The Bertz CT molecular complexity index is 959. The fourth-order valence-electron chi connectivity index (χ4n) is 3.89. The van der Waals surface area contributed by atoms with Gasteiger partial charge in [0.1, 0.15) is 0 Å². The van der Waals surface area contributed by atoms with Crippen LogP contribution in [0.25, 0.3) is 0 Å². The summed E-state index contributed by atoms with van der Waals surface area (Å²) < 4.78 is 1.97. The van der Waals surface area contributed by atoms with Gasteiger partial charge in [-0.15, -0.1) is 12.8 Å². The van der Waals surface area contributed by atoms with E-state index in [1.54, 1.807) is 0 Å². The summed E-state index contributed by atoms with van der Waals surface area (Å²) in [6.07, 6.45) is 4.86. The van der Waals surface area contributed by atoms with Crippen molar-refractivity contribution in [3.8, 4) is 0 Å². The molecular formula is C22H26N4S. The second kappa shape index (κ2) is 8.55. The molecule has 0 unspecified atom stereocenters. The summed E-state index contributed by atoms with van der Waals surface area (Å²) in [4.78, 5) is 4.94.